The minimum absolute atomic E-state index is 0.0877. The SMILES string of the molecule is COc1ccc(C(=O)CCl)cc1N(C)C(C)=O. The summed E-state index contributed by atoms with van der Waals surface area (Å²) in [6.07, 6.45) is 0. The molecular formula is C12H14ClNO3. The third-order valence-electron chi connectivity index (χ3n) is 2.46. The smallest absolute Gasteiger partial charge is 0.223 e. The highest BCUT2D eigenvalue weighted by Crippen LogP contribution is 2.28. The second-order valence-corrected chi connectivity index (χ2v) is 3.79. The Hall–Kier alpha value is -1.55. The second kappa shape index (κ2) is 5.68. The van der Waals surface area contributed by atoms with E-state index in [4.69, 9.17) is 16.3 Å². The molecular weight excluding hydrogens is 242 g/mol. The highest BCUT2D eigenvalue weighted by molar-refractivity contribution is 6.30. The molecule has 0 N–H and O–H groups in total. The molecule has 0 fully saturated rings. The maximum absolute atomic E-state index is 11.5. The molecule has 0 bridgehead atoms. The van der Waals surface area contributed by atoms with Crippen molar-refractivity contribution in [1.29, 1.82) is 0 Å². The number of hydrogen-bond donors (Lipinski definition) is 0. The van der Waals surface area contributed by atoms with Gasteiger partial charge >= 0.3 is 0 Å². The van der Waals surface area contributed by atoms with Crippen LogP contribution in [0.4, 0.5) is 5.69 Å². The van der Waals surface area contributed by atoms with Crippen molar-refractivity contribution in [2.75, 3.05) is 24.9 Å². The molecule has 92 valence electrons. The molecule has 0 aliphatic rings. The van der Waals surface area contributed by atoms with Gasteiger partial charge in [0.15, 0.2) is 5.78 Å². The van der Waals surface area contributed by atoms with Crippen molar-refractivity contribution in [3.05, 3.63) is 23.8 Å². The van der Waals surface area contributed by atoms with E-state index in [9.17, 15) is 9.59 Å². The van der Waals surface area contributed by atoms with Gasteiger partial charge in [-0.2, -0.15) is 0 Å². The van der Waals surface area contributed by atoms with E-state index in [1.165, 1.54) is 18.9 Å². The number of anilines is 1. The first-order valence-electron chi connectivity index (χ1n) is 5.02. The van der Waals surface area contributed by atoms with Crippen molar-refractivity contribution in [1.82, 2.24) is 0 Å². The average Bonchev–Trinajstić information content (AvgIpc) is 2.35. The van der Waals surface area contributed by atoms with Crippen LogP contribution in [0.1, 0.15) is 17.3 Å². The van der Waals surface area contributed by atoms with Gasteiger partial charge in [-0.15, -0.1) is 11.6 Å². The maximum Gasteiger partial charge on any atom is 0.223 e. The Bertz CT molecular complexity index is 445. The lowest BCUT2D eigenvalue weighted by Gasteiger charge is -2.18. The molecule has 0 saturated heterocycles. The molecule has 4 nitrogen and oxygen atoms in total. The van der Waals surface area contributed by atoms with Crippen LogP contribution in [-0.2, 0) is 4.79 Å². The Morgan fingerprint density at radius 1 is 1.41 bits per heavy atom. The van der Waals surface area contributed by atoms with Crippen molar-refractivity contribution < 1.29 is 14.3 Å². The van der Waals surface area contributed by atoms with Crippen LogP contribution in [0.5, 0.6) is 5.75 Å². The van der Waals surface area contributed by atoms with E-state index < -0.39 is 0 Å². The van der Waals surface area contributed by atoms with Crippen LogP contribution >= 0.6 is 11.6 Å². The van der Waals surface area contributed by atoms with Crippen LogP contribution in [0.3, 0.4) is 0 Å². The average molecular weight is 256 g/mol. The minimum atomic E-state index is -0.187. The number of hydrogen-bond acceptors (Lipinski definition) is 3. The largest absolute Gasteiger partial charge is 0.495 e. The summed E-state index contributed by atoms with van der Waals surface area (Å²) in [5.41, 5.74) is 1.01. The molecule has 0 atom stereocenters. The van der Waals surface area contributed by atoms with Crippen LogP contribution in [0, 0.1) is 0 Å². The Labute approximate surface area is 105 Å². The van der Waals surface area contributed by atoms with E-state index in [-0.39, 0.29) is 17.6 Å². The number of methoxy groups -OCH3 is 1. The Morgan fingerprint density at radius 2 is 2.06 bits per heavy atom. The first kappa shape index (κ1) is 13.5. The Morgan fingerprint density at radius 3 is 2.53 bits per heavy atom. The normalized spacial score (nSPS) is 9.88. The first-order chi connectivity index (χ1) is 8.01. The number of amides is 1. The van der Waals surface area contributed by atoms with Crippen LogP contribution in [0.15, 0.2) is 18.2 Å². The van der Waals surface area contributed by atoms with Gasteiger partial charge < -0.3 is 9.64 Å². The van der Waals surface area contributed by atoms with Crippen molar-refractivity contribution in [3.8, 4) is 5.75 Å². The molecule has 0 aliphatic carbocycles. The monoisotopic (exact) mass is 255 g/mol. The lowest BCUT2D eigenvalue weighted by atomic mass is 10.1. The number of Topliss-reactive ketones (excluding diaryl/α,β-unsaturated/α-hetero) is 1. The molecule has 0 aromatic heterocycles. The van der Waals surface area contributed by atoms with Gasteiger partial charge in [-0.25, -0.2) is 0 Å². The minimum Gasteiger partial charge on any atom is -0.495 e. The number of ether oxygens (including phenoxy) is 1. The predicted molar refractivity (Wildman–Crippen MR) is 67.1 cm³/mol. The van der Waals surface area contributed by atoms with Crippen molar-refractivity contribution >= 4 is 29.0 Å². The van der Waals surface area contributed by atoms with Crippen LogP contribution < -0.4 is 9.64 Å². The third-order valence-corrected chi connectivity index (χ3v) is 2.70. The lowest BCUT2D eigenvalue weighted by molar-refractivity contribution is -0.116. The van der Waals surface area contributed by atoms with E-state index in [2.05, 4.69) is 0 Å². The van der Waals surface area contributed by atoms with Gasteiger partial charge in [0.2, 0.25) is 5.91 Å². The summed E-state index contributed by atoms with van der Waals surface area (Å²) in [6.45, 7) is 1.44. The van der Waals surface area contributed by atoms with E-state index in [1.54, 1.807) is 25.2 Å². The Kier molecular flexibility index (Phi) is 4.52. The number of rotatable bonds is 4. The van der Waals surface area contributed by atoms with Crippen LogP contribution in [0.2, 0.25) is 0 Å². The number of halogens is 1. The molecule has 0 spiro atoms. The Balaban J connectivity index is 3.24. The van der Waals surface area contributed by atoms with E-state index >= 15 is 0 Å². The standard InChI is InChI=1S/C12H14ClNO3/c1-8(15)14(2)10-6-9(11(16)7-13)4-5-12(10)17-3/h4-6H,7H2,1-3H3. The van der Waals surface area contributed by atoms with Crippen LogP contribution in [0.25, 0.3) is 0 Å². The number of carbonyl (C=O) groups excluding carboxylic acids is 2. The fourth-order valence-corrected chi connectivity index (χ4v) is 1.53. The molecule has 0 heterocycles. The highest BCUT2D eigenvalue weighted by Gasteiger charge is 2.14. The van der Waals surface area contributed by atoms with Crippen LogP contribution in [-0.4, -0.2) is 31.7 Å². The molecule has 17 heavy (non-hydrogen) atoms. The summed E-state index contributed by atoms with van der Waals surface area (Å²) in [5.74, 6) is 0.121. The molecule has 0 unspecified atom stereocenters. The molecule has 1 aromatic rings. The van der Waals surface area contributed by atoms with Crippen molar-refractivity contribution in [2.24, 2.45) is 0 Å². The second-order valence-electron chi connectivity index (χ2n) is 3.52. The van der Waals surface area contributed by atoms with Gasteiger partial charge in [0, 0.05) is 19.5 Å². The summed E-state index contributed by atoms with van der Waals surface area (Å²) in [4.78, 5) is 24.2. The predicted octanol–water partition coefficient (Wildman–Crippen LogP) is 2.10. The van der Waals surface area contributed by atoms with Gasteiger partial charge in [-0.3, -0.25) is 9.59 Å². The summed E-state index contributed by atoms with van der Waals surface area (Å²) in [5, 5.41) is 0. The maximum atomic E-state index is 11.5. The third kappa shape index (κ3) is 2.97. The zero-order valence-corrected chi connectivity index (χ0v) is 10.7. The molecule has 1 aromatic carbocycles. The number of benzene rings is 1. The van der Waals surface area contributed by atoms with Crippen molar-refractivity contribution in [3.63, 3.8) is 0 Å². The molecule has 0 radical (unpaired) electrons. The quantitative estimate of drug-likeness (QED) is 0.611. The number of ketones is 1. The van der Waals surface area contributed by atoms with Gasteiger partial charge in [0.05, 0.1) is 18.7 Å². The summed E-state index contributed by atoms with van der Waals surface area (Å²) >= 11 is 5.49. The van der Waals surface area contributed by atoms with Gasteiger partial charge in [0.25, 0.3) is 0 Å². The summed E-state index contributed by atoms with van der Waals surface area (Å²) in [7, 11) is 3.13. The number of carbonyl (C=O) groups is 2. The van der Waals surface area contributed by atoms with E-state index in [1.807, 2.05) is 0 Å². The summed E-state index contributed by atoms with van der Waals surface area (Å²) in [6, 6.07) is 4.88. The zero-order chi connectivity index (χ0) is 13.0. The number of alkyl halides is 1. The topological polar surface area (TPSA) is 46.6 Å². The zero-order valence-electron chi connectivity index (χ0n) is 9.99. The fraction of sp³-hybridized carbons (Fsp3) is 0.333. The fourth-order valence-electron chi connectivity index (χ4n) is 1.37. The van der Waals surface area contributed by atoms with Gasteiger partial charge in [-0.05, 0) is 18.2 Å². The highest BCUT2D eigenvalue weighted by atomic mass is 35.5. The van der Waals surface area contributed by atoms with E-state index in [0.717, 1.165) is 0 Å². The molecule has 1 amide bonds. The van der Waals surface area contributed by atoms with Gasteiger partial charge in [0.1, 0.15) is 5.75 Å². The molecule has 0 saturated carbocycles. The van der Waals surface area contributed by atoms with E-state index in [0.29, 0.717) is 17.0 Å². The molecule has 0 aliphatic heterocycles. The molecule has 1 rings (SSSR count). The molecule has 5 heteroatoms. The van der Waals surface area contributed by atoms with Crippen molar-refractivity contribution in [2.45, 2.75) is 6.92 Å². The summed E-state index contributed by atoms with van der Waals surface area (Å²) < 4.78 is 5.15. The first-order valence-corrected chi connectivity index (χ1v) is 5.56. The number of nitrogens with zero attached hydrogens (tertiary/aromatic N) is 1. The lowest BCUT2D eigenvalue weighted by Crippen LogP contribution is -2.23. The van der Waals surface area contributed by atoms with Gasteiger partial charge in [-0.1, -0.05) is 0 Å².